The number of esters is 1. The first-order chi connectivity index (χ1) is 15.9. The lowest BCUT2D eigenvalue weighted by atomic mass is 10.1. The lowest BCUT2D eigenvalue weighted by molar-refractivity contribution is 0.0600. The highest BCUT2D eigenvalue weighted by atomic mass is 32.2. The van der Waals surface area contributed by atoms with Crippen molar-refractivity contribution in [1.29, 1.82) is 0 Å². The summed E-state index contributed by atoms with van der Waals surface area (Å²) in [6.45, 7) is 5.72. The van der Waals surface area contributed by atoms with Gasteiger partial charge in [0.2, 0.25) is 5.16 Å². The first-order valence-corrected chi connectivity index (χ1v) is 11.3. The van der Waals surface area contributed by atoms with Crippen LogP contribution in [-0.4, -0.2) is 38.6 Å². The summed E-state index contributed by atoms with van der Waals surface area (Å²) in [5.41, 5.74) is 5.12. The largest absolute Gasteiger partial charge is 0.465 e. The summed E-state index contributed by atoms with van der Waals surface area (Å²) in [6.07, 6.45) is 0. The van der Waals surface area contributed by atoms with Crippen molar-refractivity contribution in [1.82, 2.24) is 19.6 Å². The topological polar surface area (TPSA) is 98.5 Å². The minimum Gasteiger partial charge on any atom is -0.465 e. The number of carbonyl (C=O) groups is 2. The summed E-state index contributed by atoms with van der Waals surface area (Å²) in [4.78, 5) is 33.7. The van der Waals surface area contributed by atoms with Crippen LogP contribution >= 0.6 is 11.8 Å². The molecule has 0 fully saturated rings. The van der Waals surface area contributed by atoms with E-state index < -0.39 is 5.97 Å². The summed E-state index contributed by atoms with van der Waals surface area (Å²) in [6, 6.07) is 14.4. The van der Waals surface area contributed by atoms with Crippen LogP contribution in [0.25, 0.3) is 5.78 Å². The van der Waals surface area contributed by atoms with Gasteiger partial charge in [0.1, 0.15) is 0 Å². The summed E-state index contributed by atoms with van der Waals surface area (Å²) < 4.78 is 6.46. The Hall–Kier alpha value is -3.72. The van der Waals surface area contributed by atoms with Crippen molar-refractivity contribution in [3.63, 3.8) is 0 Å². The molecule has 0 aliphatic rings. The second-order valence-corrected chi connectivity index (χ2v) is 8.51. The molecule has 4 rings (SSSR count). The Balaban J connectivity index is 1.51. The van der Waals surface area contributed by atoms with Crippen molar-refractivity contribution in [2.75, 3.05) is 12.4 Å². The number of amides is 1. The molecule has 1 amide bonds. The van der Waals surface area contributed by atoms with Gasteiger partial charge in [-0.15, -0.1) is 5.10 Å². The molecule has 1 N–H and O–H groups in total. The lowest BCUT2D eigenvalue weighted by Crippen LogP contribution is -2.15. The van der Waals surface area contributed by atoms with E-state index in [0.717, 1.165) is 22.5 Å². The van der Waals surface area contributed by atoms with Crippen LogP contribution in [0.2, 0.25) is 0 Å². The van der Waals surface area contributed by atoms with E-state index in [9.17, 15) is 9.59 Å². The number of fused-ring (bicyclic) bond motifs is 1. The van der Waals surface area contributed by atoms with Crippen molar-refractivity contribution >= 4 is 35.1 Å². The Labute approximate surface area is 195 Å². The Morgan fingerprint density at radius 2 is 1.85 bits per heavy atom. The van der Waals surface area contributed by atoms with Gasteiger partial charge >= 0.3 is 5.97 Å². The van der Waals surface area contributed by atoms with Crippen molar-refractivity contribution in [2.45, 2.75) is 31.7 Å². The predicted octanol–water partition coefficient (Wildman–Crippen LogP) is 4.38. The number of carbonyl (C=O) groups excluding carboxylic acids is 2. The van der Waals surface area contributed by atoms with E-state index in [2.05, 4.69) is 20.4 Å². The second kappa shape index (κ2) is 9.41. The number of aryl methyl sites for hydroxylation is 3. The van der Waals surface area contributed by atoms with E-state index in [1.807, 2.05) is 45.0 Å². The van der Waals surface area contributed by atoms with Gasteiger partial charge in [0.25, 0.3) is 11.7 Å². The number of nitrogens with one attached hydrogen (secondary N) is 1. The van der Waals surface area contributed by atoms with Gasteiger partial charge in [0.05, 0.1) is 12.7 Å². The smallest absolute Gasteiger partial charge is 0.337 e. The summed E-state index contributed by atoms with van der Waals surface area (Å²) >= 11 is 1.45. The van der Waals surface area contributed by atoms with Crippen molar-refractivity contribution in [3.05, 3.63) is 82.2 Å². The molecule has 0 saturated heterocycles. The van der Waals surface area contributed by atoms with E-state index in [4.69, 9.17) is 4.74 Å². The van der Waals surface area contributed by atoms with Crippen LogP contribution in [0.15, 0.2) is 53.7 Å². The van der Waals surface area contributed by atoms with Gasteiger partial charge in [-0.2, -0.15) is 4.98 Å². The number of anilines is 1. The van der Waals surface area contributed by atoms with Crippen LogP contribution in [0.5, 0.6) is 0 Å². The molecule has 4 aromatic rings. The molecule has 0 aliphatic heterocycles. The lowest BCUT2D eigenvalue weighted by Gasteiger charge is -2.12. The summed E-state index contributed by atoms with van der Waals surface area (Å²) in [5, 5.41) is 8.06. The molecule has 33 heavy (non-hydrogen) atoms. The number of methoxy groups -OCH3 is 1. The van der Waals surface area contributed by atoms with Gasteiger partial charge < -0.3 is 10.1 Å². The number of rotatable bonds is 6. The number of benzene rings is 2. The molecule has 0 aliphatic carbocycles. The third-order valence-electron chi connectivity index (χ3n) is 5.11. The molecule has 0 atom stereocenters. The summed E-state index contributed by atoms with van der Waals surface area (Å²) in [7, 11) is 1.34. The van der Waals surface area contributed by atoms with Crippen molar-refractivity contribution in [3.8, 4) is 0 Å². The van der Waals surface area contributed by atoms with Crippen LogP contribution in [0.1, 0.15) is 43.2 Å². The van der Waals surface area contributed by atoms with Gasteiger partial charge in [-0.25, -0.2) is 14.3 Å². The number of nitrogens with zero attached hydrogens (tertiary/aromatic N) is 4. The zero-order chi connectivity index (χ0) is 23.5. The Morgan fingerprint density at radius 3 is 2.61 bits per heavy atom. The van der Waals surface area contributed by atoms with Crippen molar-refractivity contribution in [2.24, 2.45) is 0 Å². The van der Waals surface area contributed by atoms with Crippen LogP contribution in [0.3, 0.4) is 0 Å². The van der Waals surface area contributed by atoms with Crippen LogP contribution in [-0.2, 0) is 10.5 Å². The fourth-order valence-electron chi connectivity index (χ4n) is 3.46. The highest BCUT2D eigenvalue weighted by Gasteiger charge is 2.15. The molecule has 0 bridgehead atoms. The molecule has 2 heterocycles. The molecule has 168 valence electrons. The number of aromatic nitrogens is 4. The molecule has 2 aromatic carbocycles. The first kappa shape index (κ1) is 22.5. The number of thioether (sulfide) groups is 1. The SMILES string of the molecule is COC(=O)c1ccc(NC(=O)c2ccccc2CSc2nc3nc(C)cc(C)n3n2)c(C)c1. The van der Waals surface area contributed by atoms with E-state index >= 15 is 0 Å². The molecule has 0 unspecified atom stereocenters. The molecule has 0 radical (unpaired) electrons. The van der Waals surface area contributed by atoms with E-state index in [1.165, 1.54) is 18.9 Å². The monoisotopic (exact) mass is 461 g/mol. The molecule has 2 aromatic heterocycles. The highest BCUT2D eigenvalue weighted by molar-refractivity contribution is 7.98. The van der Waals surface area contributed by atoms with Crippen LogP contribution in [0.4, 0.5) is 5.69 Å². The average Bonchev–Trinajstić information content (AvgIpc) is 3.22. The standard InChI is InChI=1S/C24H23N5O3S/c1-14-11-17(22(31)32-4)9-10-20(14)26-21(30)19-8-6-5-7-18(19)13-33-24-27-23-25-15(2)12-16(3)29(23)28-24/h5-12H,13H2,1-4H3,(H,26,30). The summed E-state index contributed by atoms with van der Waals surface area (Å²) in [5.74, 6) is 0.446. The van der Waals surface area contributed by atoms with E-state index in [-0.39, 0.29) is 5.91 Å². The quantitative estimate of drug-likeness (QED) is 0.336. The fraction of sp³-hybridized carbons (Fsp3) is 0.208. The predicted molar refractivity (Wildman–Crippen MR) is 127 cm³/mol. The zero-order valence-electron chi connectivity index (χ0n) is 18.7. The van der Waals surface area contributed by atoms with Gasteiger partial charge in [-0.1, -0.05) is 30.0 Å². The molecule has 9 heteroatoms. The minimum absolute atomic E-state index is 0.226. The van der Waals surface area contributed by atoms with Gasteiger partial charge in [0, 0.05) is 28.4 Å². The Bertz CT molecular complexity index is 1370. The molecular weight excluding hydrogens is 438 g/mol. The molecule has 8 nitrogen and oxygen atoms in total. The van der Waals surface area contributed by atoms with Crippen molar-refractivity contribution < 1.29 is 14.3 Å². The van der Waals surface area contributed by atoms with Crippen LogP contribution < -0.4 is 5.32 Å². The maximum Gasteiger partial charge on any atom is 0.337 e. The Kier molecular flexibility index (Phi) is 6.41. The van der Waals surface area contributed by atoms with Gasteiger partial charge in [-0.05, 0) is 62.2 Å². The van der Waals surface area contributed by atoms with Gasteiger partial charge in [0.15, 0.2) is 0 Å². The van der Waals surface area contributed by atoms with E-state index in [0.29, 0.717) is 33.5 Å². The molecular formula is C24H23N5O3S. The number of ether oxygens (including phenoxy) is 1. The maximum atomic E-state index is 13.0. The second-order valence-electron chi connectivity index (χ2n) is 7.57. The fourth-order valence-corrected chi connectivity index (χ4v) is 4.28. The molecule has 0 spiro atoms. The highest BCUT2D eigenvalue weighted by Crippen LogP contribution is 2.24. The normalized spacial score (nSPS) is 10.9. The third kappa shape index (κ3) is 4.88. The third-order valence-corrected chi connectivity index (χ3v) is 6.00. The Morgan fingerprint density at radius 1 is 1.06 bits per heavy atom. The minimum atomic E-state index is -0.417. The average molecular weight is 462 g/mol. The van der Waals surface area contributed by atoms with E-state index in [1.54, 1.807) is 28.8 Å². The number of hydrogen-bond donors (Lipinski definition) is 1. The first-order valence-electron chi connectivity index (χ1n) is 10.3. The number of hydrogen-bond acceptors (Lipinski definition) is 7. The maximum absolute atomic E-state index is 13.0. The van der Waals surface area contributed by atoms with Crippen LogP contribution in [0, 0.1) is 20.8 Å². The molecule has 0 saturated carbocycles. The zero-order valence-corrected chi connectivity index (χ0v) is 19.6. The van der Waals surface area contributed by atoms with Gasteiger partial charge in [-0.3, -0.25) is 4.79 Å².